The van der Waals surface area contributed by atoms with Gasteiger partial charge in [0.05, 0.1) is 24.9 Å². The molecule has 0 aromatic carbocycles. The van der Waals surface area contributed by atoms with Crippen LogP contribution in [0.2, 0.25) is 0 Å². The Labute approximate surface area is 119 Å². The van der Waals surface area contributed by atoms with E-state index in [1.165, 1.54) is 19.0 Å². The first-order valence-electron chi connectivity index (χ1n) is 7.47. The number of fused-ring (bicyclic) bond motifs is 1. The summed E-state index contributed by atoms with van der Waals surface area (Å²) in [4.78, 5) is 6.47. The highest BCUT2D eigenvalue weighted by Crippen LogP contribution is 2.28. The minimum absolute atomic E-state index is 0.00440. The van der Waals surface area contributed by atoms with Crippen molar-refractivity contribution in [1.29, 1.82) is 0 Å². The minimum atomic E-state index is -0.291. The van der Waals surface area contributed by atoms with E-state index in [9.17, 15) is 4.39 Å². The van der Waals surface area contributed by atoms with Gasteiger partial charge in [0, 0.05) is 18.8 Å². The monoisotopic (exact) mass is 279 g/mol. The Balaban J connectivity index is 1.76. The third-order valence-electron chi connectivity index (χ3n) is 4.30. The molecule has 0 saturated carbocycles. The van der Waals surface area contributed by atoms with Crippen molar-refractivity contribution in [2.75, 3.05) is 26.2 Å². The molecule has 2 aliphatic rings. The number of pyridine rings is 1. The molecule has 2 saturated heterocycles. The zero-order valence-electron chi connectivity index (χ0n) is 11.9. The van der Waals surface area contributed by atoms with Crippen molar-refractivity contribution in [3.63, 3.8) is 0 Å². The Hall–Kier alpha value is -1.04. The van der Waals surface area contributed by atoms with Gasteiger partial charge in [-0.15, -0.1) is 0 Å². The SMILES string of the molecule is CCNC(c1cncc(F)c1)C1CN2CCCC2CO1. The molecule has 3 atom stereocenters. The van der Waals surface area contributed by atoms with Crippen LogP contribution in [0, 0.1) is 5.82 Å². The lowest BCUT2D eigenvalue weighted by Crippen LogP contribution is -2.50. The molecule has 3 rings (SSSR count). The van der Waals surface area contributed by atoms with Gasteiger partial charge >= 0.3 is 0 Å². The number of nitrogens with one attached hydrogen (secondary N) is 1. The summed E-state index contributed by atoms with van der Waals surface area (Å²) in [6, 6.07) is 2.14. The van der Waals surface area contributed by atoms with Gasteiger partial charge in [-0.3, -0.25) is 9.88 Å². The van der Waals surface area contributed by atoms with E-state index < -0.39 is 0 Å². The molecule has 4 nitrogen and oxygen atoms in total. The van der Waals surface area contributed by atoms with Crippen LogP contribution in [0.15, 0.2) is 18.5 Å². The van der Waals surface area contributed by atoms with Crippen molar-refractivity contribution < 1.29 is 9.13 Å². The van der Waals surface area contributed by atoms with E-state index in [1.54, 1.807) is 12.3 Å². The van der Waals surface area contributed by atoms with Crippen LogP contribution in [-0.2, 0) is 4.74 Å². The average Bonchev–Trinajstić information content (AvgIpc) is 2.92. The maximum atomic E-state index is 13.4. The number of hydrogen-bond donors (Lipinski definition) is 1. The normalized spacial score (nSPS) is 28.3. The van der Waals surface area contributed by atoms with Crippen molar-refractivity contribution in [3.8, 4) is 0 Å². The fourth-order valence-corrected chi connectivity index (χ4v) is 3.33. The van der Waals surface area contributed by atoms with Crippen LogP contribution in [0.25, 0.3) is 0 Å². The Morgan fingerprint density at radius 1 is 1.55 bits per heavy atom. The molecule has 5 heteroatoms. The summed E-state index contributed by atoms with van der Waals surface area (Å²) in [5, 5.41) is 3.42. The Morgan fingerprint density at radius 2 is 2.45 bits per heavy atom. The third-order valence-corrected chi connectivity index (χ3v) is 4.30. The predicted octanol–water partition coefficient (Wildman–Crippen LogP) is 1.73. The van der Waals surface area contributed by atoms with Gasteiger partial charge < -0.3 is 10.1 Å². The smallest absolute Gasteiger partial charge is 0.141 e. The van der Waals surface area contributed by atoms with E-state index in [4.69, 9.17) is 4.74 Å². The van der Waals surface area contributed by atoms with Gasteiger partial charge in [0.1, 0.15) is 5.82 Å². The van der Waals surface area contributed by atoms with Gasteiger partial charge in [-0.1, -0.05) is 6.92 Å². The molecular weight excluding hydrogens is 257 g/mol. The van der Waals surface area contributed by atoms with Crippen LogP contribution in [0.5, 0.6) is 0 Å². The van der Waals surface area contributed by atoms with Crippen LogP contribution in [0.4, 0.5) is 4.39 Å². The molecule has 20 heavy (non-hydrogen) atoms. The summed E-state index contributed by atoms with van der Waals surface area (Å²) in [7, 11) is 0. The maximum absolute atomic E-state index is 13.4. The number of aromatic nitrogens is 1. The first kappa shape index (κ1) is 13.9. The number of nitrogens with zero attached hydrogens (tertiary/aromatic N) is 2. The van der Waals surface area contributed by atoms with Gasteiger partial charge in [-0.2, -0.15) is 0 Å². The number of hydrogen-bond acceptors (Lipinski definition) is 4. The zero-order chi connectivity index (χ0) is 13.9. The molecule has 3 heterocycles. The highest BCUT2D eigenvalue weighted by molar-refractivity contribution is 5.17. The number of ether oxygens (including phenoxy) is 1. The van der Waals surface area contributed by atoms with E-state index in [-0.39, 0.29) is 18.0 Å². The lowest BCUT2D eigenvalue weighted by molar-refractivity contribution is -0.0651. The second-order valence-electron chi connectivity index (χ2n) is 5.63. The molecule has 0 spiro atoms. The first-order valence-corrected chi connectivity index (χ1v) is 7.47. The van der Waals surface area contributed by atoms with Crippen molar-refractivity contribution in [1.82, 2.24) is 15.2 Å². The molecule has 1 aromatic heterocycles. The van der Waals surface area contributed by atoms with Crippen LogP contribution >= 0.6 is 0 Å². The molecule has 1 N–H and O–H groups in total. The topological polar surface area (TPSA) is 37.4 Å². The quantitative estimate of drug-likeness (QED) is 0.911. The molecule has 0 aliphatic carbocycles. The number of halogens is 1. The van der Waals surface area contributed by atoms with Crippen molar-refractivity contribution in [2.24, 2.45) is 0 Å². The molecule has 2 aliphatic heterocycles. The predicted molar refractivity (Wildman–Crippen MR) is 74.9 cm³/mol. The second kappa shape index (κ2) is 6.16. The Morgan fingerprint density at radius 3 is 3.25 bits per heavy atom. The Bertz CT molecular complexity index is 456. The zero-order valence-corrected chi connectivity index (χ0v) is 11.9. The number of rotatable bonds is 4. The van der Waals surface area contributed by atoms with Crippen LogP contribution < -0.4 is 5.32 Å². The Kier molecular flexibility index (Phi) is 4.29. The number of likely N-dealkylation sites (N-methyl/N-ethyl adjacent to an activating group) is 1. The molecule has 110 valence electrons. The van der Waals surface area contributed by atoms with Gasteiger partial charge in [-0.25, -0.2) is 4.39 Å². The van der Waals surface area contributed by atoms with E-state index >= 15 is 0 Å². The highest BCUT2D eigenvalue weighted by Gasteiger charge is 2.36. The summed E-state index contributed by atoms with van der Waals surface area (Å²) in [6.07, 6.45) is 5.53. The van der Waals surface area contributed by atoms with Gasteiger partial charge in [0.15, 0.2) is 0 Å². The first-order chi connectivity index (χ1) is 9.78. The molecule has 0 bridgehead atoms. The maximum Gasteiger partial charge on any atom is 0.141 e. The minimum Gasteiger partial charge on any atom is -0.373 e. The van der Waals surface area contributed by atoms with Crippen LogP contribution in [0.3, 0.4) is 0 Å². The van der Waals surface area contributed by atoms with Crippen LogP contribution in [0.1, 0.15) is 31.4 Å². The second-order valence-corrected chi connectivity index (χ2v) is 5.63. The van der Waals surface area contributed by atoms with Crippen molar-refractivity contribution in [3.05, 3.63) is 29.8 Å². The van der Waals surface area contributed by atoms with E-state index in [1.807, 2.05) is 0 Å². The summed E-state index contributed by atoms with van der Waals surface area (Å²) in [5.74, 6) is -0.291. The van der Waals surface area contributed by atoms with E-state index in [2.05, 4.69) is 22.1 Å². The van der Waals surface area contributed by atoms with Gasteiger partial charge in [0.2, 0.25) is 0 Å². The van der Waals surface area contributed by atoms with Gasteiger partial charge in [-0.05, 0) is 37.6 Å². The molecule has 2 fully saturated rings. The lowest BCUT2D eigenvalue weighted by atomic mass is 10.0. The van der Waals surface area contributed by atoms with E-state index in [0.29, 0.717) is 6.04 Å². The molecule has 0 radical (unpaired) electrons. The summed E-state index contributed by atoms with van der Waals surface area (Å²) in [6.45, 7) is 5.74. The fourth-order valence-electron chi connectivity index (χ4n) is 3.33. The average molecular weight is 279 g/mol. The third kappa shape index (κ3) is 2.85. The molecule has 1 aromatic rings. The lowest BCUT2D eigenvalue weighted by Gasteiger charge is -2.39. The fraction of sp³-hybridized carbons (Fsp3) is 0.667. The van der Waals surface area contributed by atoms with Gasteiger partial charge in [0.25, 0.3) is 0 Å². The molecule has 0 amide bonds. The summed E-state index contributed by atoms with van der Waals surface area (Å²) in [5.41, 5.74) is 0.870. The van der Waals surface area contributed by atoms with E-state index in [0.717, 1.165) is 31.8 Å². The molecule has 3 unspecified atom stereocenters. The molecular formula is C15H22FN3O. The van der Waals surface area contributed by atoms with Crippen molar-refractivity contribution in [2.45, 2.75) is 38.0 Å². The highest BCUT2D eigenvalue weighted by atomic mass is 19.1. The summed E-state index contributed by atoms with van der Waals surface area (Å²) < 4.78 is 19.5. The summed E-state index contributed by atoms with van der Waals surface area (Å²) >= 11 is 0. The van der Waals surface area contributed by atoms with Crippen molar-refractivity contribution >= 4 is 0 Å². The number of morpholine rings is 1. The van der Waals surface area contributed by atoms with Crippen LogP contribution in [-0.4, -0.2) is 48.3 Å². The standard InChI is InChI=1S/C15H22FN3O/c1-2-18-15(11-6-12(16)8-17-7-11)14-9-19-5-3-4-13(19)10-20-14/h6-8,13-15,18H,2-5,9-10H2,1H3. The largest absolute Gasteiger partial charge is 0.373 e.